The largest absolute Gasteiger partial charge is 0.459 e. The monoisotopic (exact) mass is 282 g/mol. The molecule has 0 aliphatic heterocycles. The molecule has 0 heterocycles. The van der Waals surface area contributed by atoms with Crippen LogP contribution in [0.3, 0.4) is 0 Å². The molecule has 0 spiro atoms. The van der Waals surface area contributed by atoms with Gasteiger partial charge in [0.05, 0.1) is 0 Å². The Morgan fingerprint density at radius 1 is 1.05 bits per heavy atom. The average molecular weight is 282 g/mol. The van der Waals surface area contributed by atoms with E-state index in [-0.39, 0.29) is 6.61 Å². The highest BCUT2D eigenvalue weighted by atomic mass is 16.5. The van der Waals surface area contributed by atoms with Gasteiger partial charge in [-0.1, -0.05) is 72.8 Å². The zero-order valence-electron chi connectivity index (χ0n) is 11.9. The predicted molar refractivity (Wildman–Crippen MR) is 81.7 cm³/mol. The Kier molecular flexibility index (Phi) is 4.90. The van der Waals surface area contributed by atoms with Crippen LogP contribution in [0.25, 0.3) is 0 Å². The summed E-state index contributed by atoms with van der Waals surface area (Å²) in [6.07, 6.45) is 3.51. The number of hydrogen-bond acceptors (Lipinski definition) is 3. The summed E-state index contributed by atoms with van der Waals surface area (Å²) in [6, 6.07) is 17.6. The SMILES string of the molecule is C/C=C/COC(=O)C(O)(c1ccccc1)c1ccccc1. The fourth-order valence-electron chi connectivity index (χ4n) is 2.09. The van der Waals surface area contributed by atoms with Gasteiger partial charge in [0.2, 0.25) is 5.60 Å². The number of esters is 1. The highest BCUT2D eigenvalue weighted by molar-refractivity contribution is 5.85. The topological polar surface area (TPSA) is 46.5 Å². The van der Waals surface area contributed by atoms with Crippen LogP contribution in [0.4, 0.5) is 0 Å². The number of carbonyl (C=O) groups is 1. The Bertz CT molecular complexity index is 563. The molecular formula is C18H18O3. The van der Waals surface area contributed by atoms with Crippen LogP contribution >= 0.6 is 0 Å². The molecule has 1 N–H and O–H groups in total. The molecule has 0 saturated carbocycles. The second-order valence-corrected chi connectivity index (χ2v) is 4.61. The maximum atomic E-state index is 12.4. The molecule has 0 fully saturated rings. The van der Waals surface area contributed by atoms with E-state index in [0.29, 0.717) is 11.1 Å². The smallest absolute Gasteiger partial charge is 0.348 e. The van der Waals surface area contributed by atoms with Crippen molar-refractivity contribution in [2.24, 2.45) is 0 Å². The maximum Gasteiger partial charge on any atom is 0.348 e. The van der Waals surface area contributed by atoms with Crippen molar-refractivity contribution in [1.29, 1.82) is 0 Å². The van der Waals surface area contributed by atoms with E-state index in [0.717, 1.165) is 0 Å². The minimum Gasteiger partial charge on any atom is -0.459 e. The van der Waals surface area contributed by atoms with Gasteiger partial charge in [0.1, 0.15) is 6.61 Å². The Hall–Kier alpha value is -2.39. The molecule has 0 saturated heterocycles. The van der Waals surface area contributed by atoms with Crippen LogP contribution in [0, 0.1) is 0 Å². The van der Waals surface area contributed by atoms with Crippen molar-refractivity contribution in [1.82, 2.24) is 0 Å². The predicted octanol–water partition coefficient (Wildman–Crippen LogP) is 3.04. The van der Waals surface area contributed by atoms with Crippen molar-refractivity contribution in [2.75, 3.05) is 6.61 Å². The van der Waals surface area contributed by atoms with Gasteiger partial charge in [-0.2, -0.15) is 0 Å². The van der Waals surface area contributed by atoms with Gasteiger partial charge in [-0.25, -0.2) is 4.79 Å². The summed E-state index contributed by atoms with van der Waals surface area (Å²) in [5.41, 5.74) is -0.826. The lowest BCUT2D eigenvalue weighted by molar-refractivity contribution is -0.160. The Morgan fingerprint density at radius 3 is 1.95 bits per heavy atom. The van der Waals surface area contributed by atoms with Gasteiger partial charge in [0, 0.05) is 0 Å². The van der Waals surface area contributed by atoms with Gasteiger partial charge in [-0.15, -0.1) is 0 Å². The molecule has 0 aliphatic carbocycles. The first kappa shape index (κ1) is 15.0. The molecule has 2 rings (SSSR count). The van der Waals surface area contributed by atoms with E-state index in [9.17, 15) is 9.90 Å². The number of aliphatic hydroxyl groups is 1. The second-order valence-electron chi connectivity index (χ2n) is 4.61. The summed E-state index contributed by atoms with van der Waals surface area (Å²) in [4.78, 5) is 12.4. The van der Waals surface area contributed by atoms with E-state index in [1.165, 1.54) is 0 Å². The van der Waals surface area contributed by atoms with E-state index >= 15 is 0 Å². The normalized spacial score (nSPS) is 11.5. The zero-order chi connectivity index (χ0) is 15.1. The molecule has 21 heavy (non-hydrogen) atoms. The number of ether oxygens (including phenoxy) is 1. The highest BCUT2D eigenvalue weighted by Gasteiger charge is 2.41. The molecule has 108 valence electrons. The summed E-state index contributed by atoms with van der Waals surface area (Å²) < 4.78 is 5.18. The van der Waals surface area contributed by atoms with Crippen LogP contribution in [0.5, 0.6) is 0 Å². The number of benzene rings is 2. The summed E-state index contributed by atoms with van der Waals surface area (Å²) in [5.74, 6) is -0.682. The maximum absolute atomic E-state index is 12.4. The molecule has 2 aromatic rings. The van der Waals surface area contributed by atoms with Crippen molar-refractivity contribution in [2.45, 2.75) is 12.5 Å². The van der Waals surface area contributed by atoms with Gasteiger partial charge in [-0.3, -0.25) is 0 Å². The molecule has 0 aromatic heterocycles. The Morgan fingerprint density at radius 2 is 1.52 bits per heavy atom. The third-order valence-corrected chi connectivity index (χ3v) is 3.22. The molecule has 0 unspecified atom stereocenters. The van der Waals surface area contributed by atoms with Crippen LogP contribution in [0.2, 0.25) is 0 Å². The van der Waals surface area contributed by atoms with Crippen molar-refractivity contribution in [3.63, 3.8) is 0 Å². The number of hydrogen-bond donors (Lipinski definition) is 1. The van der Waals surface area contributed by atoms with Gasteiger partial charge in [-0.05, 0) is 18.1 Å². The Labute approximate surface area is 124 Å². The first-order valence-electron chi connectivity index (χ1n) is 6.81. The quantitative estimate of drug-likeness (QED) is 0.677. The van der Waals surface area contributed by atoms with Gasteiger partial charge >= 0.3 is 5.97 Å². The molecule has 0 aliphatic rings. The fourth-order valence-corrected chi connectivity index (χ4v) is 2.09. The van der Waals surface area contributed by atoms with Gasteiger partial charge in [0.25, 0.3) is 0 Å². The molecule has 3 heteroatoms. The summed E-state index contributed by atoms with van der Waals surface area (Å²) in [5, 5.41) is 11.0. The number of carbonyl (C=O) groups excluding carboxylic acids is 1. The van der Waals surface area contributed by atoms with Crippen LogP contribution in [0.15, 0.2) is 72.8 Å². The summed E-state index contributed by atoms with van der Waals surface area (Å²) in [7, 11) is 0. The lowest BCUT2D eigenvalue weighted by Gasteiger charge is -2.26. The summed E-state index contributed by atoms with van der Waals surface area (Å²) in [6.45, 7) is 1.98. The van der Waals surface area contributed by atoms with Crippen molar-refractivity contribution < 1.29 is 14.6 Å². The lowest BCUT2D eigenvalue weighted by Crippen LogP contribution is -2.38. The first-order chi connectivity index (χ1) is 10.2. The third kappa shape index (κ3) is 3.20. The van der Waals surface area contributed by atoms with Crippen molar-refractivity contribution >= 4 is 5.97 Å². The standard InChI is InChI=1S/C18H18O3/c1-2-3-14-21-17(19)18(20,15-10-6-4-7-11-15)16-12-8-5-9-13-16/h2-13,20H,14H2,1H3/b3-2+. The van der Waals surface area contributed by atoms with Crippen LogP contribution in [-0.2, 0) is 15.1 Å². The van der Waals surface area contributed by atoms with E-state index in [4.69, 9.17) is 4.74 Å². The zero-order valence-corrected chi connectivity index (χ0v) is 11.9. The van der Waals surface area contributed by atoms with Crippen molar-refractivity contribution in [3.8, 4) is 0 Å². The molecule has 0 bridgehead atoms. The molecule has 3 nitrogen and oxygen atoms in total. The van der Waals surface area contributed by atoms with Crippen LogP contribution < -0.4 is 0 Å². The highest BCUT2D eigenvalue weighted by Crippen LogP contribution is 2.30. The third-order valence-electron chi connectivity index (χ3n) is 3.22. The lowest BCUT2D eigenvalue weighted by atomic mass is 9.86. The number of rotatable bonds is 5. The minimum absolute atomic E-state index is 0.136. The van der Waals surface area contributed by atoms with Crippen LogP contribution in [-0.4, -0.2) is 17.7 Å². The minimum atomic E-state index is -1.80. The second kappa shape index (κ2) is 6.86. The molecular weight excluding hydrogens is 264 g/mol. The fraction of sp³-hybridized carbons (Fsp3) is 0.167. The van der Waals surface area contributed by atoms with E-state index in [1.807, 2.05) is 19.1 Å². The molecule has 0 amide bonds. The average Bonchev–Trinajstić information content (AvgIpc) is 2.56. The van der Waals surface area contributed by atoms with E-state index in [2.05, 4.69) is 0 Å². The van der Waals surface area contributed by atoms with Gasteiger partial charge in [0.15, 0.2) is 0 Å². The van der Waals surface area contributed by atoms with Crippen molar-refractivity contribution in [3.05, 3.63) is 83.9 Å². The van der Waals surface area contributed by atoms with Gasteiger partial charge < -0.3 is 9.84 Å². The summed E-state index contributed by atoms with van der Waals surface area (Å²) >= 11 is 0. The molecule has 2 aromatic carbocycles. The van der Waals surface area contributed by atoms with E-state index in [1.54, 1.807) is 60.7 Å². The molecule has 0 atom stereocenters. The first-order valence-corrected chi connectivity index (χ1v) is 6.81. The Balaban J connectivity index is 2.42. The van der Waals surface area contributed by atoms with E-state index < -0.39 is 11.6 Å². The number of allylic oxidation sites excluding steroid dienone is 1. The molecule has 0 radical (unpaired) electrons. The van der Waals surface area contributed by atoms with Crippen LogP contribution in [0.1, 0.15) is 18.1 Å².